The van der Waals surface area contributed by atoms with Gasteiger partial charge in [-0.3, -0.25) is 9.89 Å². The summed E-state index contributed by atoms with van der Waals surface area (Å²) in [6.07, 6.45) is 4.67. The fourth-order valence-electron chi connectivity index (χ4n) is 3.51. The molecule has 27 heavy (non-hydrogen) atoms. The smallest absolute Gasteiger partial charge is 0.191 e. The number of nitrogens with zero attached hydrogens (tertiary/aromatic N) is 5. The third-order valence-electron chi connectivity index (χ3n) is 4.99. The van der Waals surface area contributed by atoms with E-state index in [9.17, 15) is 0 Å². The number of halogens is 1. The van der Waals surface area contributed by atoms with Crippen LogP contribution < -0.4 is 10.6 Å². The van der Waals surface area contributed by atoms with Crippen LogP contribution in [0.2, 0.25) is 0 Å². The summed E-state index contributed by atoms with van der Waals surface area (Å²) >= 11 is 0. The summed E-state index contributed by atoms with van der Waals surface area (Å²) in [7, 11) is 1.67. The number of likely N-dealkylation sites (N-methyl/N-ethyl adjacent to an activating group) is 1. The number of aryl methyl sites for hydroxylation is 1. The lowest BCUT2D eigenvalue weighted by molar-refractivity contribution is 0.177. The average Bonchev–Trinajstić information content (AvgIpc) is 3.39. The number of methoxy groups -OCH3 is 1. The molecule has 0 saturated heterocycles. The van der Waals surface area contributed by atoms with Gasteiger partial charge in [0.2, 0.25) is 0 Å². The van der Waals surface area contributed by atoms with Gasteiger partial charge in [-0.05, 0) is 32.7 Å². The van der Waals surface area contributed by atoms with E-state index in [1.165, 1.54) is 12.8 Å². The third kappa shape index (κ3) is 6.56. The van der Waals surface area contributed by atoms with Crippen molar-refractivity contribution in [1.29, 1.82) is 0 Å². The number of guanidine groups is 1. The first-order valence-electron chi connectivity index (χ1n) is 9.93. The first kappa shape index (κ1) is 22.4. The van der Waals surface area contributed by atoms with E-state index in [-0.39, 0.29) is 24.0 Å². The number of hydrogen-bond acceptors (Lipinski definition) is 5. The molecule has 1 unspecified atom stereocenters. The van der Waals surface area contributed by atoms with Crippen LogP contribution in [0.3, 0.4) is 0 Å². The van der Waals surface area contributed by atoms with E-state index in [0.717, 1.165) is 69.2 Å². The topological polar surface area (TPSA) is 79.6 Å². The van der Waals surface area contributed by atoms with E-state index >= 15 is 0 Å². The number of rotatable bonds is 9. The predicted molar refractivity (Wildman–Crippen MR) is 118 cm³/mol. The number of nitrogens with one attached hydrogen (secondary N) is 2. The predicted octanol–water partition coefficient (Wildman–Crippen LogP) is 1.40. The van der Waals surface area contributed by atoms with E-state index in [0.29, 0.717) is 12.6 Å². The van der Waals surface area contributed by atoms with Crippen molar-refractivity contribution in [1.82, 2.24) is 30.3 Å². The molecule has 3 rings (SSSR count). The molecule has 2 aliphatic rings. The van der Waals surface area contributed by atoms with Crippen molar-refractivity contribution in [2.75, 3.05) is 33.3 Å². The van der Waals surface area contributed by atoms with Gasteiger partial charge in [0.05, 0.1) is 13.1 Å². The molecular weight excluding hydrogens is 457 g/mol. The van der Waals surface area contributed by atoms with Gasteiger partial charge in [0.25, 0.3) is 0 Å². The maximum atomic E-state index is 5.14. The Bertz CT molecular complexity index is 603. The van der Waals surface area contributed by atoms with E-state index in [1.807, 2.05) is 4.68 Å². The van der Waals surface area contributed by atoms with E-state index < -0.39 is 0 Å². The van der Waals surface area contributed by atoms with Crippen molar-refractivity contribution in [3.8, 4) is 0 Å². The van der Waals surface area contributed by atoms with Gasteiger partial charge in [-0.15, -0.1) is 24.0 Å². The Balaban J connectivity index is 0.00000261. The maximum Gasteiger partial charge on any atom is 0.191 e. The molecule has 2 N–H and O–H groups in total. The van der Waals surface area contributed by atoms with E-state index in [2.05, 4.69) is 39.5 Å². The Morgan fingerprint density at radius 3 is 2.81 bits per heavy atom. The fraction of sp³-hybridized carbons (Fsp3) is 0.833. The molecule has 1 aliphatic heterocycles. The summed E-state index contributed by atoms with van der Waals surface area (Å²) in [6, 6.07) is 1.12. The van der Waals surface area contributed by atoms with Crippen molar-refractivity contribution in [3.05, 3.63) is 11.6 Å². The van der Waals surface area contributed by atoms with Gasteiger partial charge in [-0.2, -0.15) is 5.10 Å². The van der Waals surface area contributed by atoms with Gasteiger partial charge < -0.3 is 15.4 Å². The molecule has 1 aromatic rings. The van der Waals surface area contributed by atoms with Crippen LogP contribution in [0.5, 0.6) is 0 Å². The molecule has 154 valence electrons. The Morgan fingerprint density at radius 1 is 1.33 bits per heavy atom. The maximum absolute atomic E-state index is 5.14. The Kier molecular flexibility index (Phi) is 9.24. The zero-order valence-electron chi connectivity index (χ0n) is 16.8. The number of hydrogen-bond donors (Lipinski definition) is 2. The number of aromatic nitrogens is 3. The molecule has 2 heterocycles. The Morgan fingerprint density at radius 2 is 2.15 bits per heavy atom. The number of fused-ring (bicyclic) bond motifs is 1. The molecule has 8 nitrogen and oxygen atoms in total. The third-order valence-corrected chi connectivity index (χ3v) is 4.99. The second-order valence-corrected chi connectivity index (χ2v) is 7.06. The van der Waals surface area contributed by atoms with Gasteiger partial charge in [0.15, 0.2) is 11.8 Å². The monoisotopic (exact) mass is 491 g/mol. The summed E-state index contributed by atoms with van der Waals surface area (Å²) in [6.45, 7) is 9.48. The quantitative estimate of drug-likeness (QED) is 0.309. The van der Waals surface area contributed by atoms with Crippen molar-refractivity contribution >= 4 is 29.9 Å². The molecule has 0 radical (unpaired) electrons. The van der Waals surface area contributed by atoms with Gasteiger partial charge >= 0.3 is 0 Å². The van der Waals surface area contributed by atoms with Crippen LogP contribution in [0.1, 0.15) is 44.8 Å². The highest BCUT2D eigenvalue weighted by atomic mass is 127. The SMILES string of the molecule is CCNC(=NCCN(CC)C1CC1)NC1CCc2nc(COC)nn2C1.I. The Labute approximate surface area is 179 Å². The number of ether oxygens (including phenoxy) is 1. The van der Waals surface area contributed by atoms with E-state index in [4.69, 9.17) is 9.73 Å². The molecule has 0 bridgehead atoms. The summed E-state index contributed by atoms with van der Waals surface area (Å²) in [5.41, 5.74) is 0. The molecule has 1 aliphatic carbocycles. The lowest BCUT2D eigenvalue weighted by atomic mass is 10.1. The van der Waals surface area contributed by atoms with Crippen LogP contribution in [-0.4, -0.2) is 71.0 Å². The van der Waals surface area contributed by atoms with Crippen molar-refractivity contribution < 1.29 is 4.74 Å². The zero-order valence-corrected chi connectivity index (χ0v) is 19.1. The summed E-state index contributed by atoms with van der Waals surface area (Å²) in [4.78, 5) is 11.9. The van der Waals surface area contributed by atoms with Crippen LogP contribution in [0.25, 0.3) is 0 Å². The van der Waals surface area contributed by atoms with Gasteiger partial charge in [0, 0.05) is 38.7 Å². The van der Waals surface area contributed by atoms with Crippen molar-refractivity contribution in [2.24, 2.45) is 4.99 Å². The molecule has 0 amide bonds. The lowest BCUT2D eigenvalue weighted by Crippen LogP contribution is -2.47. The lowest BCUT2D eigenvalue weighted by Gasteiger charge is -2.25. The first-order valence-corrected chi connectivity index (χ1v) is 9.93. The fourth-order valence-corrected chi connectivity index (χ4v) is 3.51. The minimum atomic E-state index is 0. The molecule has 1 saturated carbocycles. The highest BCUT2D eigenvalue weighted by Crippen LogP contribution is 2.25. The average molecular weight is 491 g/mol. The van der Waals surface area contributed by atoms with Crippen LogP contribution in [0.4, 0.5) is 0 Å². The molecule has 9 heteroatoms. The first-order chi connectivity index (χ1) is 12.7. The minimum absolute atomic E-state index is 0. The van der Waals surface area contributed by atoms with Crippen LogP contribution >= 0.6 is 24.0 Å². The van der Waals surface area contributed by atoms with Crippen molar-refractivity contribution in [3.63, 3.8) is 0 Å². The van der Waals surface area contributed by atoms with Crippen LogP contribution in [0.15, 0.2) is 4.99 Å². The summed E-state index contributed by atoms with van der Waals surface area (Å²) in [5, 5.41) is 11.5. The zero-order chi connectivity index (χ0) is 18.4. The standard InChI is InChI=1S/C18H33N7O.HI/c1-4-19-18(20-10-11-24(5-2)15-7-8-15)21-14-6-9-17-22-16(13-26-3)23-25(17)12-14;/h14-15H,4-13H2,1-3H3,(H2,19,20,21);1H. The summed E-state index contributed by atoms with van der Waals surface area (Å²) in [5.74, 6) is 2.73. The number of aliphatic imine (C=N–C) groups is 1. The largest absolute Gasteiger partial charge is 0.377 e. The Hall–Kier alpha value is -0.940. The van der Waals surface area contributed by atoms with Crippen LogP contribution in [-0.2, 0) is 24.3 Å². The minimum Gasteiger partial charge on any atom is -0.377 e. The normalized spacial score (nSPS) is 19.6. The molecule has 1 aromatic heterocycles. The molecular formula is C18H34IN7O. The molecule has 0 spiro atoms. The highest BCUT2D eigenvalue weighted by molar-refractivity contribution is 14.0. The van der Waals surface area contributed by atoms with Crippen LogP contribution in [0, 0.1) is 0 Å². The van der Waals surface area contributed by atoms with Gasteiger partial charge in [-0.25, -0.2) is 9.67 Å². The summed E-state index contributed by atoms with van der Waals surface area (Å²) < 4.78 is 7.14. The van der Waals surface area contributed by atoms with Gasteiger partial charge in [-0.1, -0.05) is 6.92 Å². The van der Waals surface area contributed by atoms with Crippen molar-refractivity contribution in [2.45, 2.75) is 64.8 Å². The second kappa shape index (κ2) is 11.2. The molecule has 0 aromatic carbocycles. The van der Waals surface area contributed by atoms with E-state index in [1.54, 1.807) is 7.11 Å². The molecule has 1 fully saturated rings. The highest BCUT2D eigenvalue weighted by Gasteiger charge is 2.27. The molecule has 1 atom stereocenters. The van der Waals surface area contributed by atoms with Gasteiger partial charge in [0.1, 0.15) is 12.4 Å². The second-order valence-electron chi connectivity index (χ2n) is 7.06.